The third-order valence-corrected chi connectivity index (χ3v) is 9.40. The van der Waals surface area contributed by atoms with Crippen molar-refractivity contribution in [2.45, 2.75) is 89.6 Å². The van der Waals surface area contributed by atoms with E-state index in [4.69, 9.17) is 9.47 Å². The lowest BCUT2D eigenvalue weighted by molar-refractivity contribution is -0.228. The lowest BCUT2D eigenvalue weighted by atomic mass is 9.45. The summed E-state index contributed by atoms with van der Waals surface area (Å²) in [6, 6.07) is 0. The lowest BCUT2D eigenvalue weighted by Crippen LogP contribution is -2.65. The van der Waals surface area contributed by atoms with Gasteiger partial charge >= 0.3 is 5.97 Å². The quantitative estimate of drug-likeness (QED) is 0.622. The van der Waals surface area contributed by atoms with E-state index in [-0.39, 0.29) is 36.4 Å². The van der Waals surface area contributed by atoms with Crippen molar-refractivity contribution >= 4 is 17.5 Å². The Hall–Kier alpha value is -1.64. The average molecular weight is 451 g/mol. The predicted molar refractivity (Wildman–Crippen MR) is 109 cm³/mol. The molecule has 9 atom stereocenters. The van der Waals surface area contributed by atoms with Crippen molar-refractivity contribution < 1.29 is 38.5 Å². The lowest BCUT2D eigenvalue weighted by Gasteiger charge is -2.61. The molecule has 8 heteroatoms. The van der Waals surface area contributed by atoms with E-state index < -0.39 is 52.4 Å². The normalized spacial score (nSPS) is 51.2. The number of hydrogen-bond donors (Lipinski definition) is 2. The van der Waals surface area contributed by atoms with Crippen molar-refractivity contribution in [2.75, 3.05) is 0 Å². The van der Waals surface area contributed by atoms with Crippen LogP contribution in [0.3, 0.4) is 0 Å². The molecule has 0 radical (unpaired) electrons. The number of ether oxygens (including phenoxy) is 2. The standard InChI is InChI=1S/C24H31FO7/c1-21(2)31-17-9-13-12-8-15(25)14-7-11(26)5-6-22(14,3)18(12)16(27)10-23(13,4)24(17,32-21)19(28)20(29)30/h7,12-13,15-18,27H,5-6,8-10H2,1-4H3,(H,29,30)/t12-,13-,15-,16-,17+,18+,22-,23-,24-/m0/s1. The SMILES string of the molecule is CC1(C)O[C@@H]2C[C@H]3[C@@H]4C[C@H](F)C5=CC(=O)CC[C@]5(C)[C@H]4[C@@H](O)C[C@]3(C)[C@]2(C(=O)C(=O)O)O1. The van der Waals surface area contributed by atoms with Crippen molar-refractivity contribution in [1.82, 2.24) is 0 Å². The number of hydrogen-bond acceptors (Lipinski definition) is 6. The summed E-state index contributed by atoms with van der Waals surface area (Å²) in [6.45, 7) is 7.04. The smallest absolute Gasteiger partial charge is 0.375 e. The number of alkyl halides is 1. The highest BCUT2D eigenvalue weighted by molar-refractivity contribution is 6.36. The summed E-state index contributed by atoms with van der Waals surface area (Å²) in [5.41, 5.74) is -2.94. The molecule has 5 aliphatic rings. The van der Waals surface area contributed by atoms with Crippen molar-refractivity contribution in [1.29, 1.82) is 0 Å². The first-order chi connectivity index (χ1) is 14.8. The topological polar surface area (TPSA) is 110 Å². The Kier molecular flexibility index (Phi) is 4.49. The molecule has 176 valence electrons. The zero-order valence-electron chi connectivity index (χ0n) is 18.9. The minimum absolute atomic E-state index is 0.0841. The molecule has 3 saturated carbocycles. The molecule has 0 amide bonds. The Morgan fingerprint density at radius 2 is 1.88 bits per heavy atom. The molecule has 0 spiro atoms. The highest BCUT2D eigenvalue weighted by Crippen LogP contribution is 2.70. The Labute approximate surface area is 186 Å². The number of carboxylic acids is 1. The first-order valence-corrected chi connectivity index (χ1v) is 11.5. The zero-order chi connectivity index (χ0) is 23.4. The van der Waals surface area contributed by atoms with Crippen LogP contribution in [0.2, 0.25) is 0 Å². The van der Waals surface area contributed by atoms with Crippen LogP contribution in [-0.4, -0.2) is 57.5 Å². The molecule has 0 aromatic heterocycles. The third kappa shape index (κ3) is 2.54. The van der Waals surface area contributed by atoms with Crippen LogP contribution in [0.15, 0.2) is 11.6 Å². The zero-order valence-corrected chi connectivity index (χ0v) is 18.9. The number of allylic oxidation sites excluding steroid dienone is 1. The van der Waals surface area contributed by atoms with Crippen LogP contribution >= 0.6 is 0 Å². The molecule has 0 bridgehead atoms. The number of carbonyl (C=O) groups is 3. The van der Waals surface area contributed by atoms with Crippen LogP contribution in [0.25, 0.3) is 0 Å². The minimum atomic E-state index is -1.73. The number of aliphatic carboxylic acids is 1. The van der Waals surface area contributed by atoms with Gasteiger partial charge in [-0.15, -0.1) is 0 Å². The number of carbonyl (C=O) groups excluding carboxylic acids is 2. The second-order valence-corrected chi connectivity index (χ2v) is 11.4. The van der Waals surface area contributed by atoms with Crippen LogP contribution in [0, 0.1) is 28.6 Å². The Balaban J connectivity index is 1.62. The van der Waals surface area contributed by atoms with Crippen LogP contribution in [0.1, 0.15) is 59.8 Å². The number of carboxylic acid groups (broad SMARTS) is 1. The molecule has 0 aromatic carbocycles. The molecular formula is C24H31FO7. The van der Waals surface area contributed by atoms with E-state index in [1.807, 2.05) is 6.92 Å². The summed E-state index contributed by atoms with van der Waals surface area (Å²) in [5, 5.41) is 21.1. The monoisotopic (exact) mass is 450 g/mol. The van der Waals surface area contributed by atoms with Gasteiger partial charge in [-0.2, -0.15) is 0 Å². The van der Waals surface area contributed by atoms with E-state index in [1.54, 1.807) is 20.8 Å². The summed E-state index contributed by atoms with van der Waals surface area (Å²) >= 11 is 0. The summed E-state index contributed by atoms with van der Waals surface area (Å²) in [4.78, 5) is 37.1. The predicted octanol–water partition coefficient (Wildman–Crippen LogP) is 2.59. The van der Waals surface area contributed by atoms with Crippen LogP contribution in [0.5, 0.6) is 0 Å². The molecule has 32 heavy (non-hydrogen) atoms. The number of halogens is 1. The van der Waals surface area contributed by atoms with E-state index in [9.17, 15) is 24.6 Å². The van der Waals surface area contributed by atoms with Crippen molar-refractivity contribution in [3.05, 3.63) is 11.6 Å². The minimum Gasteiger partial charge on any atom is -0.475 e. The number of fused-ring (bicyclic) bond motifs is 7. The van der Waals surface area contributed by atoms with Gasteiger partial charge in [-0.25, -0.2) is 9.18 Å². The fourth-order valence-electron chi connectivity index (χ4n) is 8.34. The second-order valence-electron chi connectivity index (χ2n) is 11.4. The Morgan fingerprint density at radius 1 is 1.19 bits per heavy atom. The molecule has 5 rings (SSSR count). The molecule has 4 aliphatic carbocycles. The third-order valence-electron chi connectivity index (χ3n) is 9.40. The summed E-state index contributed by atoms with van der Waals surface area (Å²) in [5.74, 6) is -4.71. The fourth-order valence-corrected chi connectivity index (χ4v) is 8.34. The molecule has 0 unspecified atom stereocenters. The van der Waals surface area contributed by atoms with E-state index in [0.717, 1.165) is 0 Å². The van der Waals surface area contributed by atoms with Gasteiger partial charge in [0.2, 0.25) is 0 Å². The van der Waals surface area contributed by atoms with Gasteiger partial charge in [0, 0.05) is 11.8 Å². The maximum atomic E-state index is 15.5. The van der Waals surface area contributed by atoms with Gasteiger partial charge < -0.3 is 19.7 Å². The molecular weight excluding hydrogens is 419 g/mol. The maximum Gasteiger partial charge on any atom is 0.375 e. The van der Waals surface area contributed by atoms with E-state index in [2.05, 4.69) is 0 Å². The van der Waals surface area contributed by atoms with Gasteiger partial charge in [0.25, 0.3) is 5.78 Å². The van der Waals surface area contributed by atoms with Crippen molar-refractivity contribution in [2.24, 2.45) is 28.6 Å². The Bertz CT molecular complexity index is 943. The summed E-state index contributed by atoms with van der Waals surface area (Å²) in [6.07, 6.45) is -0.113. The van der Waals surface area contributed by atoms with Gasteiger partial charge in [-0.05, 0) is 74.3 Å². The van der Waals surface area contributed by atoms with Crippen LogP contribution in [-0.2, 0) is 23.9 Å². The number of Topliss-reactive ketones (excluding diaryl/α,β-unsaturated/α-hetero) is 1. The van der Waals surface area contributed by atoms with Gasteiger partial charge in [0.15, 0.2) is 17.2 Å². The van der Waals surface area contributed by atoms with Gasteiger partial charge in [-0.1, -0.05) is 13.8 Å². The van der Waals surface area contributed by atoms with E-state index in [1.165, 1.54) is 6.08 Å². The highest BCUT2D eigenvalue weighted by atomic mass is 19.1. The van der Waals surface area contributed by atoms with Gasteiger partial charge in [0.05, 0.1) is 12.2 Å². The largest absolute Gasteiger partial charge is 0.475 e. The second kappa shape index (κ2) is 6.48. The molecule has 1 heterocycles. The highest BCUT2D eigenvalue weighted by Gasteiger charge is 2.78. The van der Waals surface area contributed by atoms with Gasteiger partial charge in [0.1, 0.15) is 6.17 Å². The Morgan fingerprint density at radius 3 is 2.53 bits per heavy atom. The average Bonchev–Trinajstić information content (AvgIpc) is 3.08. The van der Waals surface area contributed by atoms with Gasteiger partial charge in [-0.3, -0.25) is 9.59 Å². The molecule has 0 aromatic rings. The maximum absolute atomic E-state index is 15.5. The fraction of sp³-hybridized carbons (Fsp3) is 0.792. The number of aliphatic hydroxyl groups excluding tert-OH is 1. The first kappa shape index (κ1) is 22.2. The molecule has 1 saturated heterocycles. The number of aliphatic hydroxyl groups is 1. The molecule has 7 nitrogen and oxygen atoms in total. The molecule has 4 fully saturated rings. The first-order valence-electron chi connectivity index (χ1n) is 11.5. The van der Waals surface area contributed by atoms with E-state index >= 15 is 4.39 Å². The van der Waals surface area contributed by atoms with Crippen LogP contribution < -0.4 is 0 Å². The van der Waals surface area contributed by atoms with Crippen molar-refractivity contribution in [3.63, 3.8) is 0 Å². The van der Waals surface area contributed by atoms with E-state index in [0.29, 0.717) is 24.8 Å². The molecule has 1 aliphatic heterocycles. The van der Waals surface area contributed by atoms with Crippen LogP contribution in [0.4, 0.5) is 4.39 Å². The van der Waals surface area contributed by atoms with Crippen molar-refractivity contribution in [3.8, 4) is 0 Å². The molecule has 2 N–H and O–H groups in total. The number of ketones is 2. The summed E-state index contributed by atoms with van der Waals surface area (Å²) in [7, 11) is 0. The summed E-state index contributed by atoms with van der Waals surface area (Å²) < 4.78 is 27.7. The number of rotatable bonds is 2.